The Hall–Kier alpha value is -0.280. The Labute approximate surface area is 119 Å². The molecule has 1 N–H and O–H groups in total. The SMILES string of the molecule is CCOC(C)(CC)C(O)Cc1cccc(Cl)c1Cl. The number of aliphatic hydroxyl groups is 1. The minimum atomic E-state index is -0.613. The Morgan fingerprint density at radius 3 is 2.56 bits per heavy atom. The molecule has 0 heterocycles. The van der Waals surface area contributed by atoms with Gasteiger partial charge in [-0.15, -0.1) is 0 Å². The summed E-state index contributed by atoms with van der Waals surface area (Å²) in [5, 5.41) is 11.4. The molecule has 0 aliphatic rings. The van der Waals surface area contributed by atoms with Crippen LogP contribution in [-0.2, 0) is 11.2 Å². The van der Waals surface area contributed by atoms with Crippen LogP contribution in [0.4, 0.5) is 0 Å². The van der Waals surface area contributed by atoms with Crippen LogP contribution < -0.4 is 0 Å². The zero-order chi connectivity index (χ0) is 13.8. The smallest absolute Gasteiger partial charge is 0.0912 e. The highest BCUT2D eigenvalue weighted by Gasteiger charge is 2.32. The second kappa shape index (κ2) is 6.76. The van der Waals surface area contributed by atoms with Crippen molar-refractivity contribution in [1.29, 1.82) is 0 Å². The Bertz CT molecular complexity index is 395. The number of benzene rings is 1. The van der Waals surface area contributed by atoms with Crippen LogP contribution in [0.2, 0.25) is 10.0 Å². The lowest BCUT2D eigenvalue weighted by molar-refractivity contribution is -0.110. The van der Waals surface area contributed by atoms with E-state index in [1.165, 1.54) is 0 Å². The maximum Gasteiger partial charge on any atom is 0.0912 e. The van der Waals surface area contributed by atoms with E-state index in [1.54, 1.807) is 6.07 Å². The van der Waals surface area contributed by atoms with Crippen LogP contribution in [0, 0.1) is 0 Å². The third kappa shape index (κ3) is 3.61. The molecule has 1 rings (SSSR count). The van der Waals surface area contributed by atoms with Crippen LogP contribution in [0.1, 0.15) is 32.8 Å². The number of halogens is 2. The topological polar surface area (TPSA) is 29.5 Å². The molecule has 0 spiro atoms. The van der Waals surface area contributed by atoms with Crippen LogP contribution in [-0.4, -0.2) is 23.4 Å². The van der Waals surface area contributed by atoms with E-state index >= 15 is 0 Å². The summed E-state index contributed by atoms with van der Waals surface area (Å²) in [6.07, 6.45) is 0.558. The first-order valence-corrected chi connectivity index (χ1v) is 6.95. The maximum atomic E-state index is 10.3. The number of hydrogen-bond donors (Lipinski definition) is 1. The van der Waals surface area contributed by atoms with E-state index in [9.17, 15) is 5.11 Å². The van der Waals surface area contributed by atoms with E-state index in [-0.39, 0.29) is 0 Å². The van der Waals surface area contributed by atoms with Gasteiger partial charge in [-0.1, -0.05) is 42.3 Å². The van der Waals surface area contributed by atoms with Crippen molar-refractivity contribution in [2.24, 2.45) is 0 Å². The second-order valence-corrected chi connectivity index (χ2v) is 5.32. The fourth-order valence-corrected chi connectivity index (χ4v) is 2.29. The minimum absolute atomic E-state index is 0.434. The van der Waals surface area contributed by atoms with Crippen LogP contribution in [0.15, 0.2) is 18.2 Å². The van der Waals surface area contributed by atoms with E-state index in [0.29, 0.717) is 23.1 Å². The van der Waals surface area contributed by atoms with Crippen LogP contribution in [0.3, 0.4) is 0 Å². The normalized spacial score (nSPS) is 16.3. The molecule has 0 saturated carbocycles. The highest BCUT2D eigenvalue weighted by Crippen LogP contribution is 2.29. The van der Waals surface area contributed by atoms with Crippen molar-refractivity contribution in [2.45, 2.75) is 45.3 Å². The highest BCUT2D eigenvalue weighted by atomic mass is 35.5. The van der Waals surface area contributed by atoms with Crippen molar-refractivity contribution in [3.63, 3.8) is 0 Å². The van der Waals surface area contributed by atoms with E-state index < -0.39 is 11.7 Å². The fraction of sp³-hybridized carbons (Fsp3) is 0.571. The molecule has 0 bridgehead atoms. The third-order valence-corrected chi connectivity index (χ3v) is 4.18. The Balaban J connectivity index is 2.86. The van der Waals surface area contributed by atoms with Gasteiger partial charge in [-0.05, 0) is 31.9 Å². The maximum absolute atomic E-state index is 10.3. The average molecular weight is 291 g/mol. The molecule has 1 aromatic carbocycles. The molecule has 0 aliphatic carbocycles. The minimum Gasteiger partial charge on any atom is -0.390 e. The molecule has 0 fully saturated rings. The van der Waals surface area contributed by atoms with E-state index in [4.69, 9.17) is 27.9 Å². The number of hydrogen-bond acceptors (Lipinski definition) is 2. The van der Waals surface area contributed by atoms with Gasteiger partial charge in [0.2, 0.25) is 0 Å². The summed E-state index contributed by atoms with van der Waals surface area (Å²) in [7, 11) is 0. The number of rotatable bonds is 6. The van der Waals surface area contributed by atoms with E-state index in [0.717, 1.165) is 12.0 Å². The molecule has 102 valence electrons. The van der Waals surface area contributed by atoms with Crippen LogP contribution in [0.25, 0.3) is 0 Å². The number of aliphatic hydroxyl groups excluding tert-OH is 1. The zero-order valence-corrected chi connectivity index (χ0v) is 12.6. The van der Waals surface area contributed by atoms with Gasteiger partial charge < -0.3 is 9.84 Å². The van der Waals surface area contributed by atoms with Gasteiger partial charge in [0.1, 0.15) is 0 Å². The summed E-state index contributed by atoms with van der Waals surface area (Å²) in [6, 6.07) is 5.45. The Morgan fingerprint density at radius 2 is 2.00 bits per heavy atom. The molecular weight excluding hydrogens is 271 g/mol. The molecule has 2 unspecified atom stereocenters. The fourth-order valence-electron chi connectivity index (χ4n) is 1.89. The van der Waals surface area contributed by atoms with Gasteiger partial charge in [0, 0.05) is 13.0 Å². The molecule has 1 aromatic rings. The summed E-state index contributed by atoms with van der Waals surface area (Å²) in [5.41, 5.74) is 0.288. The third-order valence-electron chi connectivity index (χ3n) is 3.33. The Morgan fingerprint density at radius 1 is 1.33 bits per heavy atom. The highest BCUT2D eigenvalue weighted by molar-refractivity contribution is 6.42. The molecule has 0 radical (unpaired) electrons. The first kappa shape index (κ1) is 15.8. The summed E-state index contributed by atoms with van der Waals surface area (Å²) >= 11 is 12.1. The Kier molecular flexibility index (Phi) is 5.93. The second-order valence-electron chi connectivity index (χ2n) is 4.53. The first-order chi connectivity index (χ1) is 8.44. The predicted octanol–water partition coefficient (Wildman–Crippen LogP) is 4.10. The van der Waals surface area contributed by atoms with E-state index in [2.05, 4.69) is 0 Å². The largest absolute Gasteiger partial charge is 0.390 e. The summed E-state index contributed by atoms with van der Waals surface area (Å²) < 4.78 is 5.66. The standard InChI is InChI=1S/C14H20Cl2O2/c1-4-14(3,18-5-2)12(17)9-10-7-6-8-11(15)13(10)16/h6-8,12,17H,4-5,9H2,1-3H3. The molecule has 2 atom stereocenters. The quantitative estimate of drug-likeness (QED) is 0.855. The molecule has 18 heavy (non-hydrogen) atoms. The van der Waals surface area contributed by atoms with Crippen LogP contribution >= 0.6 is 23.2 Å². The average Bonchev–Trinajstić information content (AvgIpc) is 2.35. The van der Waals surface area contributed by atoms with Gasteiger partial charge in [0.05, 0.1) is 21.8 Å². The van der Waals surface area contributed by atoms with Gasteiger partial charge in [-0.2, -0.15) is 0 Å². The first-order valence-electron chi connectivity index (χ1n) is 6.19. The molecule has 0 aliphatic heterocycles. The molecule has 0 aromatic heterocycles. The lowest BCUT2D eigenvalue weighted by Gasteiger charge is -2.33. The predicted molar refractivity (Wildman–Crippen MR) is 76.5 cm³/mol. The lowest BCUT2D eigenvalue weighted by atomic mass is 9.90. The molecule has 0 amide bonds. The zero-order valence-electron chi connectivity index (χ0n) is 11.0. The molecule has 2 nitrogen and oxygen atoms in total. The van der Waals surface area contributed by atoms with Crippen molar-refractivity contribution in [3.05, 3.63) is 33.8 Å². The van der Waals surface area contributed by atoms with Gasteiger partial charge in [-0.3, -0.25) is 0 Å². The molecule has 4 heteroatoms. The summed E-state index contributed by atoms with van der Waals surface area (Å²) in [5.74, 6) is 0. The number of ether oxygens (including phenoxy) is 1. The van der Waals surface area contributed by atoms with Gasteiger partial charge in [0.15, 0.2) is 0 Å². The summed E-state index contributed by atoms with van der Waals surface area (Å²) in [6.45, 7) is 6.41. The molecule has 0 saturated heterocycles. The van der Waals surface area contributed by atoms with Gasteiger partial charge in [0.25, 0.3) is 0 Å². The monoisotopic (exact) mass is 290 g/mol. The van der Waals surface area contributed by atoms with Crippen molar-refractivity contribution in [2.75, 3.05) is 6.61 Å². The van der Waals surface area contributed by atoms with Crippen molar-refractivity contribution in [3.8, 4) is 0 Å². The van der Waals surface area contributed by atoms with Gasteiger partial charge in [-0.25, -0.2) is 0 Å². The van der Waals surface area contributed by atoms with Gasteiger partial charge >= 0.3 is 0 Å². The van der Waals surface area contributed by atoms with Crippen LogP contribution in [0.5, 0.6) is 0 Å². The van der Waals surface area contributed by atoms with Crippen molar-refractivity contribution >= 4 is 23.2 Å². The lowest BCUT2D eigenvalue weighted by Crippen LogP contribution is -2.43. The summed E-state index contributed by atoms with van der Waals surface area (Å²) in [4.78, 5) is 0. The van der Waals surface area contributed by atoms with E-state index in [1.807, 2.05) is 32.9 Å². The van der Waals surface area contributed by atoms with Crippen molar-refractivity contribution in [1.82, 2.24) is 0 Å². The van der Waals surface area contributed by atoms with Crippen molar-refractivity contribution < 1.29 is 9.84 Å². The molecular formula is C14H20Cl2O2.